The standard InChI is InChI=1S/C22H31N5O/c1-17(2)27-13-10-23-20(27)16-26-11-5-8-22(9-12-26)14-21(28)24-15-18-6-3-4-7-19(18)25-22/h3-4,6-7,10,13,17,25H,5,8-9,11-12,14-16H2,1-2H3,(H,24,28)/t22-/m1/s1. The van der Waals surface area contributed by atoms with Gasteiger partial charge in [0.1, 0.15) is 5.82 Å². The average molecular weight is 382 g/mol. The van der Waals surface area contributed by atoms with E-state index in [4.69, 9.17) is 0 Å². The molecule has 2 aliphatic heterocycles. The maximum Gasteiger partial charge on any atom is 0.222 e. The van der Waals surface area contributed by atoms with Gasteiger partial charge >= 0.3 is 0 Å². The highest BCUT2D eigenvalue weighted by Crippen LogP contribution is 2.33. The van der Waals surface area contributed by atoms with Gasteiger partial charge in [-0.1, -0.05) is 18.2 Å². The van der Waals surface area contributed by atoms with Crippen LogP contribution in [0.3, 0.4) is 0 Å². The van der Waals surface area contributed by atoms with E-state index in [1.54, 1.807) is 0 Å². The first-order valence-electron chi connectivity index (χ1n) is 10.4. The zero-order valence-electron chi connectivity index (χ0n) is 16.9. The van der Waals surface area contributed by atoms with E-state index >= 15 is 0 Å². The third-order valence-corrected chi connectivity index (χ3v) is 6.10. The number of carbonyl (C=O) groups is 1. The molecule has 1 atom stereocenters. The lowest BCUT2D eigenvalue weighted by Crippen LogP contribution is -2.46. The van der Waals surface area contributed by atoms with Crippen LogP contribution in [-0.4, -0.2) is 39.0 Å². The van der Waals surface area contributed by atoms with E-state index in [9.17, 15) is 4.79 Å². The van der Waals surface area contributed by atoms with E-state index in [0.717, 1.165) is 56.0 Å². The Morgan fingerprint density at radius 3 is 2.93 bits per heavy atom. The number of imidazole rings is 1. The molecule has 3 heterocycles. The number of aromatic nitrogens is 2. The second-order valence-corrected chi connectivity index (χ2v) is 8.49. The first kappa shape index (κ1) is 19.0. The van der Waals surface area contributed by atoms with Crippen molar-refractivity contribution in [2.75, 3.05) is 18.4 Å². The predicted molar refractivity (Wildman–Crippen MR) is 111 cm³/mol. The van der Waals surface area contributed by atoms with Crippen LogP contribution in [0.15, 0.2) is 36.7 Å². The first-order chi connectivity index (χ1) is 13.5. The smallest absolute Gasteiger partial charge is 0.222 e. The van der Waals surface area contributed by atoms with Crippen LogP contribution in [0.2, 0.25) is 0 Å². The van der Waals surface area contributed by atoms with Crippen LogP contribution in [0.1, 0.15) is 57.0 Å². The second kappa shape index (κ2) is 7.95. The molecule has 150 valence electrons. The van der Waals surface area contributed by atoms with Gasteiger partial charge < -0.3 is 15.2 Å². The molecule has 6 nitrogen and oxygen atoms in total. The largest absolute Gasteiger partial charge is 0.379 e. The Bertz CT molecular complexity index is 830. The lowest BCUT2D eigenvalue weighted by atomic mass is 9.85. The SMILES string of the molecule is CC(C)n1ccnc1CN1CCC[C@@]2(CC1)CC(=O)NCc1ccccc1N2. The molecular formula is C22H31N5O. The molecule has 0 unspecified atom stereocenters. The minimum absolute atomic E-state index is 0.144. The Balaban J connectivity index is 1.50. The van der Waals surface area contributed by atoms with Crippen molar-refractivity contribution in [3.8, 4) is 0 Å². The van der Waals surface area contributed by atoms with Gasteiger partial charge in [0.15, 0.2) is 0 Å². The highest BCUT2D eigenvalue weighted by atomic mass is 16.1. The number of likely N-dealkylation sites (tertiary alicyclic amines) is 1. The van der Waals surface area contributed by atoms with E-state index in [0.29, 0.717) is 19.0 Å². The fraction of sp³-hybridized carbons (Fsp3) is 0.545. The molecule has 1 saturated heterocycles. The van der Waals surface area contributed by atoms with Crippen molar-refractivity contribution in [2.45, 2.75) is 64.2 Å². The van der Waals surface area contributed by atoms with Crippen molar-refractivity contribution >= 4 is 11.6 Å². The Morgan fingerprint density at radius 1 is 1.21 bits per heavy atom. The molecule has 1 fully saturated rings. The van der Waals surface area contributed by atoms with Gasteiger partial charge in [-0.2, -0.15) is 0 Å². The van der Waals surface area contributed by atoms with Gasteiger partial charge in [-0.3, -0.25) is 9.69 Å². The summed E-state index contributed by atoms with van der Waals surface area (Å²) in [5, 5.41) is 6.88. The van der Waals surface area contributed by atoms with Gasteiger partial charge in [0.2, 0.25) is 5.91 Å². The highest BCUT2D eigenvalue weighted by molar-refractivity contribution is 5.79. The third kappa shape index (κ3) is 4.07. The highest BCUT2D eigenvalue weighted by Gasteiger charge is 2.36. The summed E-state index contributed by atoms with van der Waals surface area (Å²) in [7, 11) is 0. The van der Waals surface area contributed by atoms with Crippen LogP contribution in [-0.2, 0) is 17.9 Å². The number of hydrogen-bond donors (Lipinski definition) is 2. The summed E-state index contributed by atoms with van der Waals surface area (Å²) < 4.78 is 2.25. The summed E-state index contributed by atoms with van der Waals surface area (Å²) in [5.41, 5.74) is 2.14. The fourth-order valence-corrected chi connectivity index (χ4v) is 4.54. The number of fused-ring (bicyclic) bond motifs is 1. The molecule has 2 aromatic rings. The molecular weight excluding hydrogens is 350 g/mol. The molecule has 4 rings (SSSR count). The zero-order valence-corrected chi connectivity index (χ0v) is 16.9. The second-order valence-electron chi connectivity index (χ2n) is 8.49. The Labute approximate surface area is 167 Å². The topological polar surface area (TPSA) is 62.2 Å². The monoisotopic (exact) mass is 381 g/mol. The number of rotatable bonds is 3. The van der Waals surface area contributed by atoms with Crippen LogP contribution in [0.25, 0.3) is 0 Å². The number of nitrogens with one attached hydrogen (secondary N) is 2. The number of amides is 1. The predicted octanol–water partition coefficient (Wildman–Crippen LogP) is 3.32. The molecule has 2 aliphatic rings. The van der Waals surface area contributed by atoms with E-state index in [1.165, 1.54) is 0 Å². The molecule has 1 amide bonds. The van der Waals surface area contributed by atoms with Crippen molar-refractivity contribution < 1.29 is 4.79 Å². The van der Waals surface area contributed by atoms with E-state index in [1.807, 2.05) is 12.3 Å². The molecule has 1 aromatic carbocycles. The maximum atomic E-state index is 12.5. The fourth-order valence-electron chi connectivity index (χ4n) is 4.54. The number of benzene rings is 1. The first-order valence-corrected chi connectivity index (χ1v) is 10.4. The van der Waals surface area contributed by atoms with Gasteiger partial charge in [0, 0.05) is 49.2 Å². The normalized spacial score (nSPS) is 23.5. The molecule has 28 heavy (non-hydrogen) atoms. The van der Waals surface area contributed by atoms with Crippen molar-refractivity contribution in [3.63, 3.8) is 0 Å². The van der Waals surface area contributed by atoms with Gasteiger partial charge in [-0.15, -0.1) is 0 Å². The summed E-state index contributed by atoms with van der Waals surface area (Å²) in [6, 6.07) is 8.75. The van der Waals surface area contributed by atoms with Crippen molar-refractivity contribution in [1.82, 2.24) is 19.8 Å². The van der Waals surface area contributed by atoms with Crippen molar-refractivity contribution in [2.24, 2.45) is 0 Å². The number of para-hydroxylation sites is 1. The molecule has 0 saturated carbocycles. The number of carbonyl (C=O) groups excluding carboxylic acids is 1. The molecule has 2 N–H and O–H groups in total. The maximum absolute atomic E-state index is 12.5. The van der Waals surface area contributed by atoms with Crippen molar-refractivity contribution in [3.05, 3.63) is 48.0 Å². The van der Waals surface area contributed by atoms with Crippen LogP contribution >= 0.6 is 0 Å². The lowest BCUT2D eigenvalue weighted by Gasteiger charge is -2.37. The van der Waals surface area contributed by atoms with Crippen molar-refractivity contribution in [1.29, 1.82) is 0 Å². The molecule has 1 spiro atoms. The Morgan fingerprint density at radius 2 is 2.07 bits per heavy atom. The quantitative estimate of drug-likeness (QED) is 0.856. The summed E-state index contributed by atoms with van der Waals surface area (Å²) in [6.45, 7) is 7.85. The minimum Gasteiger partial charge on any atom is -0.379 e. The van der Waals surface area contributed by atoms with Gasteiger partial charge in [-0.25, -0.2) is 4.98 Å². The minimum atomic E-state index is -0.178. The number of anilines is 1. The molecule has 0 bridgehead atoms. The molecule has 1 aromatic heterocycles. The Hall–Kier alpha value is -2.34. The van der Waals surface area contributed by atoms with E-state index < -0.39 is 0 Å². The Kier molecular flexibility index (Phi) is 5.40. The van der Waals surface area contributed by atoms with E-state index in [-0.39, 0.29) is 11.4 Å². The molecule has 0 radical (unpaired) electrons. The summed E-state index contributed by atoms with van der Waals surface area (Å²) in [5.74, 6) is 1.27. The van der Waals surface area contributed by atoms with E-state index in [2.05, 4.69) is 63.3 Å². The molecule has 6 heteroatoms. The van der Waals surface area contributed by atoms with Gasteiger partial charge in [0.25, 0.3) is 0 Å². The van der Waals surface area contributed by atoms with Crippen LogP contribution in [0.5, 0.6) is 0 Å². The van der Waals surface area contributed by atoms with Gasteiger partial charge in [0.05, 0.1) is 6.54 Å². The van der Waals surface area contributed by atoms with Crippen LogP contribution in [0.4, 0.5) is 5.69 Å². The summed E-state index contributed by atoms with van der Waals surface area (Å²) in [4.78, 5) is 19.6. The lowest BCUT2D eigenvalue weighted by molar-refractivity contribution is -0.122. The molecule has 0 aliphatic carbocycles. The zero-order chi connectivity index (χ0) is 19.6. The van der Waals surface area contributed by atoms with Gasteiger partial charge in [-0.05, 0) is 51.3 Å². The number of nitrogens with zero attached hydrogens (tertiary/aromatic N) is 3. The van der Waals surface area contributed by atoms with Crippen LogP contribution < -0.4 is 10.6 Å². The summed E-state index contributed by atoms with van der Waals surface area (Å²) in [6.07, 6.45) is 7.53. The number of hydrogen-bond acceptors (Lipinski definition) is 4. The third-order valence-electron chi connectivity index (χ3n) is 6.10. The van der Waals surface area contributed by atoms with Crippen LogP contribution in [0, 0.1) is 0 Å². The summed E-state index contributed by atoms with van der Waals surface area (Å²) >= 11 is 0. The average Bonchev–Trinajstić information content (AvgIpc) is 3.04.